The number of carboxylic acid groups (broad SMARTS) is 2. The molecule has 0 heterocycles. The van der Waals surface area contributed by atoms with Crippen molar-refractivity contribution in [3.8, 4) is 0 Å². The Morgan fingerprint density at radius 2 is 1.61 bits per heavy atom. The predicted octanol–water partition coefficient (Wildman–Crippen LogP) is 1.92. The van der Waals surface area contributed by atoms with Crippen molar-refractivity contribution in [3.63, 3.8) is 0 Å². The summed E-state index contributed by atoms with van der Waals surface area (Å²) in [6.07, 6.45) is -1.03. The number of hydrogen-bond acceptors (Lipinski definition) is 2. The number of carboxylic acids is 2. The molecule has 1 rings (SSSR count). The zero-order valence-corrected chi connectivity index (χ0v) is 9.21. The molecule has 0 aliphatic rings. The summed E-state index contributed by atoms with van der Waals surface area (Å²) in [4.78, 5) is 21.7. The van der Waals surface area contributed by atoms with Gasteiger partial charge in [0.2, 0.25) is 0 Å². The van der Waals surface area contributed by atoms with E-state index in [1.54, 1.807) is 0 Å². The average Bonchev–Trinajstić information content (AvgIpc) is 2.13. The van der Waals surface area contributed by atoms with Crippen LogP contribution in [0.2, 0.25) is 0 Å². The van der Waals surface area contributed by atoms with Gasteiger partial charge in [-0.3, -0.25) is 9.59 Å². The third-order valence-corrected chi connectivity index (χ3v) is 2.54. The van der Waals surface area contributed by atoms with Gasteiger partial charge in [-0.05, 0) is 6.92 Å². The Hall–Kier alpha value is -2.05. The lowest BCUT2D eigenvalue weighted by Gasteiger charge is -2.24. The Labute approximate surface area is 99.7 Å². The van der Waals surface area contributed by atoms with Crippen molar-refractivity contribution < 1.29 is 33.0 Å². The van der Waals surface area contributed by atoms with Crippen LogP contribution in [0.25, 0.3) is 0 Å². The Balaban J connectivity index is 3.48. The first-order chi connectivity index (χ1) is 8.18. The molecule has 0 spiro atoms. The highest BCUT2D eigenvalue weighted by Crippen LogP contribution is 2.33. The van der Waals surface area contributed by atoms with E-state index in [1.807, 2.05) is 0 Å². The molecule has 0 saturated carbocycles. The Kier molecular flexibility index (Phi) is 3.64. The molecule has 0 aromatic heterocycles. The summed E-state index contributed by atoms with van der Waals surface area (Å²) < 4.78 is 39.7. The summed E-state index contributed by atoms with van der Waals surface area (Å²) in [6.45, 7) is 0.864. The molecule has 1 aromatic rings. The van der Waals surface area contributed by atoms with Crippen LogP contribution in [-0.2, 0) is 15.0 Å². The van der Waals surface area contributed by atoms with Crippen molar-refractivity contribution in [2.24, 2.45) is 0 Å². The third-order valence-electron chi connectivity index (χ3n) is 2.54. The van der Waals surface area contributed by atoms with Crippen LogP contribution < -0.4 is 0 Å². The number of benzene rings is 1. The van der Waals surface area contributed by atoms with Gasteiger partial charge in [0.15, 0.2) is 0 Å². The lowest BCUT2D eigenvalue weighted by atomic mass is 9.79. The summed E-state index contributed by atoms with van der Waals surface area (Å²) in [5, 5.41) is 17.6. The van der Waals surface area contributed by atoms with Crippen molar-refractivity contribution in [1.29, 1.82) is 0 Å². The van der Waals surface area contributed by atoms with Gasteiger partial charge in [0, 0.05) is 17.7 Å². The highest BCUT2D eigenvalue weighted by Gasteiger charge is 2.42. The van der Waals surface area contributed by atoms with Gasteiger partial charge < -0.3 is 10.2 Å². The number of carbonyl (C=O) groups is 2. The molecule has 7 heteroatoms. The lowest BCUT2D eigenvalue weighted by molar-refractivity contribution is -0.150. The molecule has 0 aliphatic heterocycles. The molecule has 1 unspecified atom stereocenters. The summed E-state index contributed by atoms with van der Waals surface area (Å²) in [5.41, 5.74) is -3.29. The van der Waals surface area contributed by atoms with Gasteiger partial charge in [-0.1, -0.05) is 0 Å². The van der Waals surface area contributed by atoms with Gasteiger partial charge >= 0.3 is 11.9 Å². The van der Waals surface area contributed by atoms with Gasteiger partial charge in [-0.25, -0.2) is 13.2 Å². The van der Waals surface area contributed by atoms with Crippen LogP contribution in [0.5, 0.6) is 0 Å². The van der Waals surface area contributed by atoms with Gasteiger partial charge in [0.1, 0.15) is 22.9 Å². The zero-order valence-electron chi connectivity index (χ0n) is 9.21. The minimum Gasteiger partial charge on any atom is -0.481 e. The summed E-state index contributed by atoms with van der Waals surface area (Å²) in [7, 11) is 0. The maximum atomic E-state index is 13.5. The minimum absolute atomic E-state index is 0.307. The number of rotatable bonds is 4. The predicted molar refractivity (Wildman–Crippen MR) is 53.6 cm³/mol. The van der Waals surface area contributed by atoms with E-state index >= 15 is 0 Å². The quantitative estimate of drug-likeness (QED) is 0.869. The average molecular weight is 262 g/mol. The van der Waals surface area contributed by atoms with Crippen LogP contribution >= 0.6 is 0 Å². The molecule has 18 heavy (non-hydrogen) atoms. The Morgan fingerprint density at radius 1 is 1.17 bits per heavy atom. The van der Waals surface area contributed by atoms with Crippen molar-refractivity contribution in [2.75, 3.05) is 0 Å². The minimum atomic E-state index is -2.31. The van der Waals surface area contributed by atoms with Gasteiger partial charge in [0.25, 0.3) is 0 Å². The van der Waals surface area contributed by atoms with E-state index in [-0.39, 0.29) is 0 Å². The molecule has 0 amide bonds. The second-order valence-corrected chi connectivity index (χ2v) is 3.95. The summed E-state index contributed by atoms with van der Waals surface area (Å²) >= 11 is 0. The van der Waals surface area contributed by atoms with E-state index in [4.69, 9.17) is 10.2 Å². The molecule has 98 valence electrons. The van der Waals surface area contributed by atoms with Crippen LogP contribution in [0.3, 0.4) is 0 Å². The maximum Gasteiger partial charge on any atom is 0.314 e. The first kappa shape index (κ1) is 14.0. The van der Waals surface area contributed by atoms with E-state index < -0.39 is 46.8 Å². The largest absolute Gasteiger partial charge is 0.481 e. The number of halogens is 3. The third kappa shape index (κ3) is 2.44. The highest BCUT2D eigenvalue weighted by molar-refractivity contribution is 5.86. The van der Waals surface area contributed by atoms with E-state index in [9.17, 15) is 22.8 Å². The first-order valence-electron chi connectivity index (χ1n) is 4.78. The van der Waals surface area contributed by atoms with Crippen molar-refractivity contribution >= 4 is 11.9 Å². The summed E-state index contributed by atoms with van der Waals surface area (Å²) in [6, 6.07) is 0.614. The Morgan fingerprint density at radius 3 is 1.94 bits per heavy atom. The van der Waals surface area contributed by atoms with Gasteiger partial charge in [-0.15, -0.1) is 0 Å². The first-order valence-corrected chi connectivity index (χ1v) is 4.78. The van der Waals surface area contributed by atoms with Crippen molar-refractivity contribution in [1.82, 2.24) is 0 Å². The monoisotopic (exact) mass is 262 g/mol. The van der Waals surface area contributed by atoms with Gasteiger partial charge in [-0.2, -0.15) is 0 Å². The van der Waals surface area contributed by atoms with Crippen LogP contribution in [-0.4, -0.2) is 22.2 Å². The van der Waals surface area contributed by atoms with Gasteiger partial charge in [0.05, 0.1) is 6.42 Å². The van der Waals surface area contributed by atoms with E-state index in [0.717, 1.165) is 6.92 Å². The second-order valence-electron chi connectivity index (χ2n) is 3.95. The molecule has 1 aromatic carbocycles. The van der Waals surface area contributed by atoms with Crippen LogP contribution in [0, 0.1) is 17.5 Å². The second kappa shape index (κ2) is 4.67. The lowest BCUT2D eigenvalue weighted by Crippen LogP contribution is -2.37. The molecule has 0 aliphatic carbocycles. The van der Waals surface area contributed by atoms with Crippen molar-refractivity contribution in [3.05, 3.63) is 35.1 Å². The maximum absolute atomic E-state index is 13.5. The topological polar surface area (TPSA) is 74.6 Å². The fraction of sp³-hybridized carbons (Fsp3) is 0.273. The van der Waals surface area contributed by atoms with Crippen molar-refractivity contribution in [2.45, 2.75) is 18.8 Å². The zero-order chi connectivity index (χ0) is 14.1. The number of aliphatic carboxylic acids is 2. The molecule has 2 N–H and O–H groups in total. The molecule has 1 atom stereocenters. The van der Waals surface area contributed by atoms with Crippen LogP contribution in [0.15, 0.2) is 12.1 Å². The fourth-order valence-electron chi connectivity index (χ4n) is 1.64. The molecular weight excluding hydrogens is 253 g/mol. The molecule has 0 bridgehead atoms. The Bertz CT molecular complexity index is 492. The molecule has 0 fully saturated rings. The van der Waals surface area contributed by atoms with E-state index in [0.29, 0.717) is 12.1 Å². The van der Waals surface area contributed by atoms with Crippen LogP contribution in [0.4, 0.5) is 13.2 Å². The molecule has 0 saturated heterocycles. The fourth-order valence-corrected chi connectivity index (χ4v) is 1.64. The molecule has 0 radical (unpaired) electrons. The number of hydrogen-bond donors (Lipinski definition) is 2. The van der Waals surface area contributed by atoms with Crippen LogP contribution in [0.1, 0.15) is 18.9 Å². The normalized spacial score (nSPS) is 14.0. The SMILES string of the molecule is CC(CC(=O)O)(C(=O)O)c1c(F)cc(F)cc1F. The van der Waals surface area contributed by atoms with E-state index in [1.165, 1.54) is 0 Å². The summed E-state index contributed by atoms with van der Waals surface area (Å²) in [5.74, 6) is -7.33. The standard InChI is InChI=1S/C11H9F3O4/c1-11(10(17)18,4-8(15)16)9-6(13)2-5(12)3-7(9)14/h2-3H,4H2,1H3,(H,15,16)(H,17,18). The molecular formula is C11H9F3O4. The highest BCUT2D eigenvalue weighted by atomic mass is 19.1. The van der Waals surface area contributed by atoms with E-state index in [2.05, 4.69) is 0 Å². The molecule has 4 nitrogen and oxygen atoms in total. The smallest absolute Gasteiger partial charge is 0.314 e.